The second-order valence-electron chi connectivity index (χ2n) is 5.24. The Morgan fingerprint density at radius 1 is 1.38 bits per heavy atom. The lowest BCUT2D eigenvalue weighted by Crippen LogP contribution is -2.32. The van der Waals surface area contributed by atoms with E-state index < -0.39 is 0 Å². The van der Waals surface area contributed by atoms with Crippen molar-refractivity contribution in [1.82, 2.24) is 25.1 Å². The van der Waals surface area contributed by atoms with Gasteiger partial charge in [0, 0.05) is 18.4 Å². The van der Waals surface area contributed by atoms with Crippen LogP contribution < -0.4 is 11.3 Å². The summed E-state index contributed by atoms with van der Waals surface area (Å²) in [4.78, 5) is 6.41. The van der Waals surface area contributed by atoms with Crippen molar-refractivity contribution in [3.63, 3.8) is 0 Å². The predicted octanol–water partition coefficient (Wildman–Crippen LogP) is 1.35. The van der Waals surface area contributed by atoms with Crippen LogP contribution in [0.4, 0.5) is 0 Å². The third-order valence-electron chi connectivity index (χ3n) is 3.30. The number of hydrogen-bond acceptors (Lipinski definition) is 5. The maximum atomic E-state index is 6.30. The highest BCUT2D eigenvalue weighted by atomic mass is 35.5. The van der Waals surface area contributed by atoms with Crippen molar-refractivity contribution < 1.29 is 0 Å². The fraction of sp³-hybridized carbons (Fsp3) is 0.429. The van der Waals surface area contributed by atoms with Crippen molar-refractivity contribution >= 4 is 11.6 Å². The molecule has 2 aromatic heterocycles. The highest BCUT2D eigenvalue weighted by molar-refractivity contribution is 6.31. The summed E-state index contributed by atoms with van der Waals surface area (Å²) in [6, 6.07) is 3.70. The zero-order valence-corrected chi connectivity index (χ0v) is 13.3. The van der Waals surface area contributed by atoms with Gasteiger partial charge in [-0.3, -0.25) is 15.5 Å². The van der Waals surface area contributed by atoms with Crippen LogP contribution in [0.2, 0.25) is 5.02 Å². The topological polar surface area (TPSA) is 72.0 Å². The molecule has 0 saturated carbocycles. The lowest BCUT2D eigenvalue weighted by molar-refractivity contribution is 0.365. The largest absolute Gasteiger partial charge is 0.308 e. The van der Waals surface area contributed by atoms with Gasteiger partial charge in [-0.2, -0.15) is 5.10 Å². The average Bonchev–Trinajstić information content (AvgIpc) is 2.81. The molecule has 0 spiro atoms. The summed E-state index contributed by atoms with van der Waals surface area (Å²) in [7, 11) is 4.04. The van der Waals surface area contributed by atoms with Crippen LogP contribution >= 0.6 is 11.6 Å². The van der Waals surface area contributed by atoms with Gasteiger partial charge in [0.2, 0.25) is 0 Å². The van der Waals surface area contributed by atoms with Crippen LogP contribution in [-0.2, 0) is 6.54 Å². The zero-order chi connectivity index (χ0) is 15.4. The van der Waals surface area contributed by atoms with Crippen LogP contribution in [0.5, 0.6) is 0 Å². The van der Waals surface area contributed by atoms with Gasteiger partial charge in [-0.1, -0.05) is 17.7 Å². The molecule has 7 heteroatoms. The second-order valence-corrected chi connectivity index (χ2v) is 5.64. The molecule has 0 fully saturated rings. The fourth-order valence-electron chi connectivity index (χ4n) is 2.11. The van der Waals surface area contributed by atoms with Gasteiger partial charge in [-0.15, -0.1) is 0 Å². The molecule has 1 atom stereocenters. The van der Waals surface area contributed by atoms with Crippen molar-refractivity contribution in [3.8, 4) is 0 Å². The van der Waals surface area contributed by atoms with Gasteiger partial charge in [0.15, 0.2) is 0 Å². The van der Waals surface area contributed by atoms with Crippen LogP contribution in [-0.4, -0.2) is 40.3 Å². The van der Waals surface area contributed by atoms with E-state index in [-0.39, 0.29) is 6.04 Å². The molecular weight excluding hydrogens is 288 g/mol. The lowest BCUT2D eigenvalue weighted by atomic mass is 10.1. The molecule has 114 valence electrons. The first-order valence-electron chi connectivity index (χ1n) is 6.77. The summed E-state index contributed by atoms with van der Waals surface area (Å²) in [6.45, 7) is 3.56. The van der Waals surface area contributed by atoms with E-state index in [1.54, 1.807) is 12.4 Å². The molecule has 0 saturated heterocycles. The molecule has 0 radical (unpaired) electrons. The third kappa shape index (κ3) is 3.79. The van der Waals surface area contributed by atoms with Gasteiger partial charge in [0.05, 0.1) is 29.5 Å². The number of likely N-dealkylation sites (N-methyl/N-ethyl adjacent to an activating group) is 1. The summed E-state index contributed by atoms with van der Waals surface area (Å²) < 4.78 is 1.88. The SMILES string of the molecule is Cc1ccc(C(NN)c2c(Cl)cnn2CCN(C)C)cn1. The Hall–Kier alpha value is -1.47. The summed E-state index contributed by atoms with van der Waals surface area (Å²) in [6.07, 6.45) is 3.46. The number of pyridine rings is 1. The molecular formula is C14H21ClN6. The third-order valence-corrected chi connectivity index (χ3v) is 3.59. The van der Waals surface area contributed by atoms with Crippen LogP contribution in [0.15, 0.2) is 24.5 Å². The number of nitrogens with two attached hydrogens (primary N) is 1. The molecule has 21 heavy (non-hydrogen) atoms. The van der Waals surface area contributed by atoms with E-state index in [9.17, 15) is 0 Å². The molecule has 2 rings (SSSR count). The maximum absolute atomic E-state index is 6.30. The standard InChI is InChI=1S/C14H21ClN6/c1-10-4-5-11(8-17-10)13(19-16)14-12(15)9-18-21(14)7-6-20(2)3/h4-5,8-9,13,19H,6-7,16H2,1-3H3. The number of aryl methyl sites for hydroxylation is 1. The predicted molar refractivity (Wildman–Crippen MR) is 83.9 cm³/mol. The van der Waals surface area contributed by atoms with Gasteiger partial charge in [-0.05, 0) is 32.6 Å². The minimum atomic E-state index is -0.240. The average molecular weight is 309 g/mol. The van der Waals surface area contributed by atoms with Crippen LogP contribution in [0, 0.1) is 6.92 Å². The van der Waals surface area contributed by atoms with E-state index in [1.165, 1.54) is 0 Å². The summed E-state index contributed by atoms with van der Waals surface area (Å²) in [5.74, 6) is 5.74. The molecule has 0 amide bonds. The number of nitrogens with zero attached hydrogens (tertiary/aromatic N) is 4. The Morgan fingerprint density at radius 2 is 2.14 bits per heavy atom. The molecule has 0 aromatic carbocycles. The van der Waals surface area contributed by atoms with Gasteiger partial charge in [0.25, 0.3) is 0 Å². The first kappa shape index (κ1) is 15.9. The van der Waals surface area contributed by atoms with Gasteiger partial charge in [-0.25, -0.2) is 5.43 Å². The molecule has 0 aliphatic rings. The fourth-order valence-corrected chi connectivity index (χ4v) is 2.37. The smallest absolute Gasteiger partial charge is 0.0908 e. The zero-order valence-electron chi connectivity index (χ0n) is 12.5. The highest BCUT2D eigenvalue weighted by Crippen LogP contribution is 2.27. The number of nitrogens with one attached hydrogen (secondary N) is 1. The number of aromatic nitrogens is 3. The molecule has 3 N–H and O–H groups in total. The number of hydrogen-bond donors (Lipinski definition) is 2. The normalized spacial score (nSPS) is 12.9. The number of rotatable bonds is 6. The van der Waals surface area contributed by atoms with E-state index in [1.807, 2.05) is 37.8 Å². The monoisotopic (exact) mass is 308 g/mol. The summed E-state index contributed by atoms with van der Waals surface area (Å²) in [5, 5.41) is 4.94. The van der Waals surface area contributed by atoms with Gasteiger partial charge in [0.1, 0.15) is 0 Å². The van der Waals surface area contributed by atoms with Crippen LogP contribution in [0.3, 0.4) is 0 Å². The molecule has 2 aromatic rings. The number of hydrazine groups is 1. The van der Waals surface area contributed by atoms with E-state index in [0.29, 0.717) is 5.02 Å². The maximum Gasteiger partial charge on any atom is 0.0908 e. The highest BCUT2D eigenvalue weighted by Gasteiger charge is 2.21. The second kappa shape index (κ2) is 7.00. The molecule has 6 nitrogen and oxygen atoms in total. The van der Waals surface area contributed by atoms with Gasteiger partial charge >= 0.3 is 0 Å². The van der Waals surface area contributed by atoms with E-state index in [4.69, 9.17) is 17.4 Å². The van der Waals surface area contributed by atoms with Crippen molar-refractivity contribution in [1.29, 1.82) is 0 Å². The molecule has 0 aliphatic heterocycles. The number of halogens is 1. The van der Waals surface area contributed by atoms with E-state index in [2.05, 4.69) is 20.4 Å². The van der Waals surface area contributed by atoms with Crippen LogP contribution in [0.1, 0.15) is 23.0 Å². The molecule has 1 unspecified atom stereocenters. The first-order chi connectivity index (χ1) is 10.0. The van der Waals surface area contributed by atoms with Crippen molar-refractivity contribution in [2.24, 2.45) is 5.84 Å². The molecule has 0 aliphatic carbocycles. The lowest BCUT2D eigenvalue weighted by Gasteiger charge is -2.19. The Kier molecular flexibility index (Phi) is 5.30. The molecule has 0 bridgehead atoms. The van der Waals surface area contributed by atoms with E-state index >= 15 is 0 Å². The van der Waals surface area contributed by atoms with Crippen molar-refractivity contribution in [3.05, 3.63) is 46.5 Å². The van der Waals surface area contributed by atoms with Gasteiger partial charge < -0.3 is 4.90 Å². The Morgan fingerprint density at radius 3 is 2.71 bits per heavy atom. The quantitative estimate of drug-likeness (QED) is 0.623. The Labute approximate surface area is 129 Å². The van der Waals surface area contributed by atoms with E-state index in [0.717, 1.165) is 30.0 Å². The molecule has 2 heterocycles. The summed E-state index contributed by atoms with van der Waals surface area (Å²) in [5.41, 5.74) is 5.58. The van der Waals surface area contributed by atoms with Crippen LogP contribution in [0.25, 0.3) is 0 Å². The first-order valence-corrected chi connectivity index (χ1v) is 7.15. The summed E-state index contributed by atoms with van der Waals surface area (Å²) >= 11 is 6.30. The van der Waals surface area contributed by atoms with Crippen molar-refractivity contribution in [2.75, 3.05) is 20.6 Å². The Bertz CT molecular complexity index is 578. The minimum absolute atomic E-state index is 0.240. The Balaban J connectivity index is 2.33. The minimum Gasteiger partial charge on any atom is -0.308 e. The van der Waals surface area contributed by atoms with Crippen molar-refractivity contribution in [2.45, 2.75) is 19.5 Å².